The Morgan fingerprint density at radius 3 is 2.21 bits per heavy atom. The summed E-state index contributed by atoms with van der Waals surface area (Å²) in [6, 6.07) is 0. The molecule has 0 bridgehead atoms. The van der Waals surface area contributed by atoms with Gasteiger partial charge in [-0.3, -0.25) is 0 Å². The van der Waals surface area contributed by atoms with Gasteiger partial charge in [-0.15, -0.1) is 0 Å². The van der Waals surface area contributed by atoms with Crippen molar-refractivity contribution in [3.63, 3.8) is 0 Å². The summed E-state index contributed by atoms with van der Waals surface area (Å²) in [6.45, 7) is 4.50. The molecule has 2 fully saturated rings. The van der Waals surface area contributed by atoms with Crippen LogP contribution in [0.25, 0.3) is 0 Å². The first kappa shape index (κ1) is 10.5. The summed E-state index contributed by atoms with van der Waals surface area (Å²) in [6.07, 6.45) is 8.19. The van der Waals surface area contributed by atoms with E-state index in [4.69, 9.17) is 9.31 Å². The first-order valence-electron chi connectivity index (χ1n) is 6.06. The molecule has 0 N–H and O–H groups in total. The van der Waals surface area contributed by atoms with E-state index in [-0.39, 0.29) is 7.12 Å². The molecule has 2 nitrogen and oxygen atoms in total. The quantitative estimate of drug-likeness (QED) is 0.646. The van der Waals surface area contributed by atoms with Crippen LogP contribution in [0.2, 0.25) is 6.32 Å². The van der Waals surface area contributed by atoms with Gasteiger partial charge in [0.15, 0.2) is 0 Å². The van der Waals surface area contributed by atoms with E-state index in [0.29, 0.717) is 12.2 Å². The van der Waals surface area contributed by atoms with Gasteiger partial charge < -0.3 is 9.31 Å². The molecule has 2 atom stereocenters. The normalized spacial score (nSPS) is 32.4. The van der Waals surface area contributed by atoms with E-state index in [1.54, 1.807) is 0 Å². The standard InChI is InChI=1S/C11H21BO2/c1-9(2)7-8-12-13-10-5-3-4-6-11(10)14-12/h9-11H,3-8H2,1-2H3/t10-,11+. The molecule has 0 amide bonds. The second-order valence-corrected chi connectivity index (χ2v) is 5.03. The van der Waals surface area contributed by atoms with Gasteiger partial charge in [0.1, 0.15) is 0 Å². The largest absolute Gasteiger partial charge is 0.457 e. The zero-order valence-electron chi connectivity index (χ0n) is 9.37. The van der Waals surface area contributed by atoms with Crippen LogP contribution in [0, 0.1) is 5.92 Å². The molecule has 0 spiro atoms. The van der Waals surface area contributed by atoms with E-state index < -0.39 is 0 Å². The van der Waals surface area contributed by atoms with Crippen LogP contribution in [0.15, 0.2) is 0 Å². The molecule has 0 aromatic carbocycles. The maximum atomic E-state index is 5.89. The van der Waals surface area contributed by atoms with Crippen molar-refractivity contribution in [1.82, 2.24) is 0 Å². The first-order valence-corrected chi connectivity index (χ1v) is 6.06. The Morgan fingerprint density at radius 2 is 1.71 bits per heavy atom. The first-order chi connectivity index (χ1) is 6.75. The average molecular weight is 196 g/mol. The maximum absolute atomic E-state index is 5.89. The molecule has 0 aromatic rings. The van der Waals surface area contributed by atoms with E-state index >= 15 is 0 Å². The second-order valence-electron chi connectivity index (χ2n) is 5.03. The Morgan fingerprint density at radius 1 is 1.14 bits per heavy atom. The minimum absolute atomic E-state index is 0.102. The van der Waals surface area contributed by atoms with Crippen molar-refractivity contribution in [3.8, 4) is 0 Å². The highest BCUT2D eigenvalue weighted by molar-refractivity contribution is 6.45. The lowest BCUT2D eigenvalue weighted by Crippen LogP contribution is -2.25. The highest BCUT2D eigenvalue weighted by atomic mass is 16.7. The second kappa shape index (κ2) is 4.67. The van der Waals surface area contributed by atoms with Gasteiger partial charge in [0.2, 0.25) is 0 Å². The molecule has 1 heterocycles. The topological polar surface area (TPSA) is 18.5 Å². The zero-order chi connectivity index (χ0) is 9.97. The summed E-state index contributed by atoms with van der Waals surface area (Å²) < 4.78 is 11.8. The number of hydrogen-bond donors (Lipinski definition) is 0. The summed E-state index contributed by atoms with van der Waals surface area (Å²) in [4.78, 5) is 0. The predicted octanol–water partition coefficient (Wildman–Crippen LogP) is 2.88. The minimum atomic E-state index is 0.102. The summed E-state index contributed by atoms with van der Waals surface area (Å²) in [5.74, 6) is 0.754. The fraction of sp³-hybridized carbons (Fsp3) is 1.00. The van der Waals surface area contributed by atoms with Crippen molar-refractivity contribution < 1.29 is 9.31 Å². The fourth-order valence-electron chi connectivity index (χ4n) is 2.40. The smallest absolute Gasteiger partial charge is 0.406 e. The molecule has 0 aromatic heterocycles. The third-order valence-electron chi connectivity index (χ3n) is 3.27. The zero-order valence-corrected chi connectivity index (χ0v) is 9.37. The maximum Gasteiger partial charge on any atom is 0.457 e. The van der Waals surface area contributed by atoms with Crippen LogP contribution in [-0.2, 0) is 9.31 Å². The van der Waals surface area contributed by atoms with Crippen LogP contribution in [-0.4, -0.2) is 19.3 Å². The van der Waals surface area contributed by atoms with Crippen molar-refractivity contribution in [2.75, 3.05) is 0 Å². The van der Waals surface area contributed by atoms with Crippen LogP contribution >= 0.6 is 0 Å². The molecule has 1 aliphatic carbocycles. The SMILES string of the molecule is CC(C)CCB1O[C@H]2CCCC[C@H]2O1. The Balaban J connectivity index is 1.75. The molecule has 1 aliphatic heterocycles. The van der Waals surface area contributed by atoms with Gasteiger partial charge in [-0.25, -0.2) is 0 Å². The minimum Gasteiger partial charge on any atom is -0.406 e. The third-order valence-corrected chi connectivity index (χ3v) is 3.27. The van der Waals surface area contributed by atoms with Crippen LogP contribution < -0.4 is 0 Å². The summed E-state index contributed by atoms with van der Waals surface area (Å²) in [7, 11) is 0.102. The van der Waals surface area contributed by atoms with Gasteiger partial charge in [-0.2, -0.15) is 0 Å². The monoisotopic (exact) mass is 196 g/mol. The molecule has 1 saturated carbocycles. The third kappa shape index (κ3) is 2.51. The molecule has 80 valence electrons. The van der Waals surface area contributed by atoms with Crippen molar-refractivity contribution in [2.24, 2.45) is 5.92 Å². The van der Waals surface area contributed by atoms with Crippen molar-refractivity contribution >= 4 is 7.12 Å². The van der Waals surface area contributed by atoms with Crippen molar-refractivity contribution in [1.29, 1.82) is 0 Å². The lowest BCUT2D eigenvalue weighted by atomic mass is 9.81. The highest BCUT2D eigenvalue weighted by Gasteiger charge is 2.39. The Bertz CT molecular complexity index is 170. The van der Waals surface area contributed by atoms with E-state index in [1.165, 1.54) is 32.1 Å². The molecular weight excluding hydrogens is 175 g/mol. The van der Waals surface area contributed by atoms with Gasteiger partial charge in [0.25, 0.3) is 0 Å². The molecule has 14 heavy (non-hydrogen) atoms. The van der Waals surface area contributed by atoms with Crippen LogP contribution in [0.5, 0.6) is 0 Å². The molecule has 2 rings (SSSR count). The summed E-state index contributed by atoms with van der Waals surface area (Å²) in [5, 5.41) is 0. The van der Waals surface area contributed by atoms with Crippen molar-refractivity contribution in [2.45, 2.75) is 64.5 Å². The highest BCUT2D eigenvalue weighted by Crippen LogP contribution is 2.31. The van der Waals surface area contributed by atoms with Gasteiger partial charge in [0, 0.05) is 0 Å². The lowest BCUT2D eigenvalue weighted by molar-refractivity contribution is 0.110. The van der Waals surface area contributed by atoms with E-state index in [2.05, 4.69) is 13.8 Å². The Hall–Kier alpha value is -0.0151. The van der Waals surface area contributed by atoms with Crippen LogP contribution in [0.4, 0.5) is 0 Å². The van der Waals surface area contributed by atoms with Gasteiger partial charge in [0.05, 0.1) is 12.2 Å². The van der Waals surface area contributed by atoms with E-state index in [0.717, 1.165) is 12.2 Å². The van der Waals surface area contributed by atoms with Crippen LogP contribution in [0.1, 0.15) is 46.0 Å². The lowest BCUT2D eigenvalue weighted by Gasteiger charge is -2.22. The summed E-state index contributed by atoms with van der Waals surface area (Å²) >= 11 is 0. The number of rotatable bonds is 3. The Labute approximate surface area is 87.5 Å². The van der Waals surface area contributed by atoms with Crippen molar-refractivity contribution in [3.05, 3.63) is 0 Å². The molecule has 1 saturated heterocycles. The van der Waals surface area contributed by atoms with E-state index in [1.807, 2.05) is 0 Å². The van der Waals surface area contributed by atoms with E-state index in [9.17, 15) is 0 Å². The van der Waals surface area contributed by atoms with Gasteiger partial charge in [-0.05, 0) is 25.1 Å². The molecule has 0 unspecified atom stereocenters. The average Bonchev–Trinajstić information content (AvgIpc) is 2.57. The molecule has 0 radical (unpaired) electrons. The number of fused-ring (bicyclic) bond motifs is 1. The predicted molar refractivity (Wildman–Crippen MR) is 58.2 cm³/mol. The van der Waals surface area contributed by atoms with Crippen LogP contribution in [0.3, 0.4) is 0 Å². The number of hydrogen-bond acceptors (Lipinski definition) is 2. The van der Waals surface area contributed by atoms with Gasteiger partial charge in [-0.1, -0.05) is 33.1 Å². The molecule has 2 aliphatic rings. The van der Waals surface area contributed by atoms with Gasteiger partial charge >= 0.3 is 7.12 Å². The summed E-state index contributed by atoms with van der Waals surface area (Å²) in [5.41, 5.74) is 0. The molecular formula is C11H21BO2. The Kier molecular flexibility index (Phi) is 3.50. The fourth-order valence-corrected chi connectivity index (χ4v) is 2.40. The molecule has 3 heteroatoms.